The number of benzene rings is 3. The molecule has 0 unspecified atom stereocenters. The lowest BCUT2D eigenvalue weighted by Gasteiger charge is -2.10. The van der Waals surface area contributed by atoms with E-state index in [0.717, 1.165) is 27.1 Å². The zero-order chi connectivity index (χ0) is 14.1. The van der Waals surface area contributed by atoms with Gasteiger partial charge in [0.25, 0.3) is 0 Å². The van der Waals surface area contributed by atoms with Crippen molar-refractivity contribution in [2.75, 3.05) is 0 Å². The van der Waals surface area contributed by atoms with Gasteiger partial charge < -0.3 is 5.11 Å². The van der Waals surface area contributed by atoms with Crippen molar-refractivity contribution in [3.8, 4) is 11.8 Å². The number of aryl methyl sites for hydroxylation is 1. The standard InChI is InChI=1S/C18H12O2/c1-12-13-6-2-4-8-15(13)17(10-11-18(19)20)16-9-5-3-7-14(12)16/h2-9H,1H3,(H,19,20). The number of carbonyl (C=O) groups is 1. The average Bonchev–Trinajstić information content (AvgIpc) is 2.47. The molecule has 0 bridgehead atoms. The fourth-order valence-corrected chi connectivity index (χ4v) is 2.60. The van der Waals surface area contributed by atoms with Gasteiger partial charge in [0.05, 0.1) is 0 Å². The molecule has 2 heteroatoms. The molecule has 0 aliphatic rings. The lowest BCUT2D eigenvalue weighted by molar-refractivity contribution is -0.130. The second kappa shape index (κ2) is 4.71. The van der Waals surface area contributed by atoms with Gasteiger partial charge in [-0.15, -0.1) is 0 Å². The van der Waals surface area contributed by atoms with Crippen molar-refractivity contribution >= 4 is 27.5 Å². The Kier molecular flexibility index (Phi) is 2.89. The molecule has 0 heterocycles. The molecule has 0 radical (unpaired) electrons. The number of aliphatic carboxylic acids is 1. The number of hydrogen-bond donors (Lipinski definition) is 1. The average molecular weight is 260 g/mol. The highest BCUT2D eigenvalue weighted by Crippen LogP contribution is 2.31. The lowest BCUT2D eigenvalue weighted by atomic mass is 9.93. The summed E-state index contributed by atoms with van der Waals surface area (Å²) in [6.45, 7) is 2.08. The molecule has 1 N–H and O–H groups in total. The molecular weight excluding hydrogens is 248 g/mol. The van der Waals surface area contributed by atoms with Gasteiger partial charge in [-0.2, -0.15) is 0 Å². The molecule has 0 aliphatic carbocycles. The minimum absolute atomic E-state index is 0.782. The maximum atomic E-state index is 10.7. The number of fused-ring (bicyclic) bond motifs is 2. The smallest absolute Gasteiger partial charge is 0.382 e. The van der Waals surface area contributed by atoms with Crippen molar-refractivity contribution in [1.82, 2.24) is 0 Å². The van der Waals surface area contributed by atoms with Crippen molar-refractivity contribution < 1.29 is 9.90 Å². The van der Waals surface area contributed by atoms with E-state index in [1.54, 1.807) is 0 Å². The summed E-state index contributed by atoms with van der Waals surface area (Å²) in [6, 6.07) is 15.9. The molecule has 0 spiro atoms. The van der Waals surface area contributed by atoms with E-state index in [1.807, 2.05) is 48.5 Å². The molecule has 96 valence electrons. The van der Waals surface area contributed by atoms with Gasteiger partial charge in [-0.3, -0.25) is 0 Å². The van der Waals surface area contributed by atoms with E-state index < -0.39 is 5.97 Å². The van der Waals surface area contributed by atoms with Crippen LogP contribution in [0.15, 0.2) is 48.5 Å². The van der Waals surface area contributed by atoms with E-state index in [1.165, 1.54) is 5.56 Å². The van der Waals surface area contributed by atoms with Gasteiger partial charge in [-0.1, -0.05) is 54.5 Å². The Morgan fingerprint density at radius 3 is 1.80 bits per heavy atom. The summed E-state index contributed by atoms with van der Waals surface area (Å²) >= 11 is 0. The molecule has 3 aromatic carbocycles. The summed E-state index contributed by atoms with van der Waals surface area (Å²) in [5.74, 6) is 3.93. The monoisotopic (exact) mass is 260 g/mol. The van der Waals surface area contributed by atoms with Gasteiger partial charge in [-0.05, 0) is 34.0 Å². The van der Waals surface area contributed by atoms with Gasteiger partial charge in [0, 0.05) is 11.5 Å². The SMILES string of the molecule is Cc1c2ccccc2c(C#CC(=O)O)c2ccccc12. The quantitative estimate of drug-likeness (QED) is 0.494. The van der Waals surface area contributed by atoms with Crippen molar-refractivity contribution in [3.63, 3.8) is 0 Å². The van der Waals surface area contributed by atoms with E-state index in [0.29, 0.717) is 0 Å². The molecule has 0 aliphatic heterocycles. The molecule has 0 atom stereocenters. The lowest BCUT2D eigenvalue weighted by Crippen LogP contribution is -1.91. The first-order valence-electron chi connectivity index (χ1n) is 6.33. The minimum atomic E-state index is -1.11. The van der Waals surface area contributed by atoms with Gasteiger partial charge in [-0.25, -0.2) is 4.79 Å². The van der Waals surface area contributed by atoms with Crippen LogP contribution in [0.3, 0.4) is 0 Å². The van der Waals surface area contributed by atoms with Gasteiger partial charge in [0.1, 0.15) is 0 Å². The molecule has 3 rings (SSSR count). The summed E-state index contributed by atoms with van der Waals surface area (Å²) in [6.07, 6.45) is 0. The van der Waals surface area contributed by atoms with Crippen LogP contribution >= 0.6 is 0 Å². The number of hydrogen-bond acceptors (Lipinski definition) is 1. The first-order chi connectivity index (χ1) is 9.68. The van der Waals surface area contributed by atoms with Crippen molar-refractivity contribution in [3.05, 3.63) is 59.7 Å². The third-order valence-electron chi connectivity index (χ3n) is 3.50. The van der Waals surface area contributed by atoms with E-state index in [-0.39, 0.29) is 0 Å². The second-order valence-electron chi connectivity index (χ2n) is 4.65. The van der Waals surface area contributed by atoms with Gasteiger partial charge in [0.15, 0.2) is 0 Å². The Bertz CT molecular complexity index is 839. The van der Waals surface area contributed by atoms with Crippen LogP contribution in [0.5, 0.6) is 0 Å². The Morgan fingerprint density at radius 1 is 0.900 bits per heavy atom. The maximum Gasteiger partial charge on any atom is 0.382 e. The Hall–Kier alpha value is -2.79. The van der Waals surface area contributed by atoms with Gasteiger partial charge in [0.2, 0.25) is 0 Å². The summed E-state index contributed by atoms with van der Waals surface area (Å²) in [5, 5.41) is 13.0. The van der Waals surface area contributed by atoms with Gasteiger partial charge >= 0.3 is 5.97 Å². The highest BCUT2D eigenvalue weighted by Gasteiger charge is 2.09. The van der Waals surface area contributed by atoms with Crippen molar-refractivity contribution in [1.29, 1.82) is 0 Å². The summed E-state index contributed by atoms with van der Waals surface area (Å²) in [7, 11) is 0. The van der Waals surface area contributed by atoms with E-state index >= 15 is 0 Å². The fourth-order valence-electron chi connectivity index (χ4n) is 2.60. The predicted octanol–water partition coefficient (Wildman–Crippen LogP) is 3.74. The number of carboxylic acid groups (broad SMARTS) is 1. The molecule has 0 aromatic heterocycles. The molecular formula is C18H12O2. The highest BCUT2D eigenvalue weighted by molar-refractivity contribution is 6.08. The number of rotatable bonds is 0. The topological polar surface area (TPSA) is 37.3 Å². The Morgan fingerprint density at radius 2 is 1.35 bits per heavy atom. The largest absolute Gasteiger partial charge is 0.472 e. The van der Waals surface area contributed by atoms with Crippen LogP contribution in [0.25, 0.3) is 21.5 Å². The number of carboxylic acids is 1. The van der Waals surface area contributed by atoms with E-state index in [2.05, 4.69) is 18.8 Å². The maximum absolute atomic E-state index is 10.7. The Balaban J connectivity index is 2.54. The fraction of sp³-hybridized carbons (Fsp3) is 0.0556. The molecule has 0 amide bonds. The first-order valence-corrected chi connectivity index (χ1v) is 6.33. The normalized spacial score (nSPS) is 10.2. The summed E-state index contributed by atoms with van der Waals surface area (Å²) < 4.78 is 0. The second-order valence-corrected chi connectivity index (χ2v) is 4.65. The van der Waals surface area contributed by atoms with E-state index in [9.17, 15) is 4.79 Å². The predicted molar refractivity (Wildman–Crippen MR) is 80.7 cm³/mol. The zero-order valence-electron chi connectivity index (χ0n) is 11.0. The third kappa shape index (κ3) is 1.90. The highest BCUT2D eigenvalue weighted by atomic mass is 16.4. The summed E-state index contributed by atoms with van der Waals surface area (Å²) in [4.78, 5) is 10.7. The van der Waals surface area contributed by atoms with E-state index in [4.69, 9.17) is 5.11 Å². The zero-order valence-corrected chi connectivity index (χ0v) is 11.0. The van der Waals surface area contributed by atoms with Crippen LogP contribution in [0, 0.1) is 18.8 Å². The molecule has 0 saturated heterocycles. The van der Waals surface area contributed by atoms with Crippen LogP contribution in [-0.4, -0.2) is 11.1 Å². The molecule has 20 heavy (non-hydrogen) atoms. The van der Waals surface area contributed by atoms with Crippen LogP contribution in [0.4, 0.5) is 0 Å². The molecule has 3 aromatic rings. The van der Waals surface area contributed by atoms with Crippen LogP contribution < -0.4 is 0 Å². The molecule has 0 saturated carbocycles. The Labute approximate surface area is 116 Å². The van der Waals surface area contributed by atoms with Crippen LogP contribution in [0.2, 0.25) is 0 Å². The minimum Gasteiger partial charge on any atom is -0.472 e. The molecule has 2 nitrogen and oxygen atoms in total. The van der Waals surface area contributed by atoms with Crippen molar-refractivity contribution in [2.24, 2.45) is 0 Å². The van der Waals surface area contributed by atoms with Crippen molar-refractivity contribution in [2.45, 2.75) is 6.92 Å². The van der Waals surface area contributed by atoms with Crippen LogP contribution in [-0.2, 0) is 4.79 Å². The first kappa shape index (κ1) is 12.3. The third-order valence-corrected chi connectivity index (χ3v) is 3.50. The van der Waals surface area contributed by atoms with Crippen LogP contribution in [0.1, 0.15) is 11.1 Å². The summed E-state index contributed by atoms with van der Waals surface area (Å²) in [5.41, 5.74) is 1.97. The molecule has 0 fully saturated rings.